The Bertz CT molecular complexity index is 800. The molecule has 1 amide bonds. The third-order valence-electron chi connectivity index (χ3n) is 4.21. The first-order chi connectivity index (χ1) is 14.2. The van der Waals surface area contributed by atoms with Crippen LogP contribution in [0, 0.1) is 0 Å². The zero-order valence-electron chi connectivity index (χ0n) is 17.7. The molecule has 0 atom stereocenters. The van der Waals surface area contributed by atoms with Crippen LogP contribution in [-0.4, -0.2) is 45.7 Å². The molecule has 164 valence electrons. The molecule has 0 bridgehead atoms. The molecule has 8 heteroatoms. The van der Waals surface area contributed by atoms with E-state index in [2.05, 4.69) is 33.1 Å². The summed E-state index contributed by atoms with van der Waals surface area (Å²) in [5.74, 6) is 1.85. The largest absolute Gasteiger partial charge is 0.493 e. The van der Waals surface area contributed by atoms with Crippen LogP contribution in [0.4, 0.5) is 0 Å². The Hall–Kier alpha value is -2.49. The zero-order valence-corrected chi connectivity index (χ0v) is 20.1. The van der Waals surface area contributed by atoms with Gasteiger partial charge in [-0.25, -0.2) is 4.99 Å². The highest BCUT2D eigenvalue weighted by Crippen LogP contribution is 2.27. The number of rotatable bonds is 10. The lowest BCUT2D eigenvalue weighted by Crippen LogP contribution is -2.43. The number of carbonyl (C=O) groups excluding carboxylic acids is 1. The Labute approximate surface area is 195 Å². The van der Waals surface area contributed by atoms with Crippen molar-refractivity contribution in [3.05, 3.63) is 59.7 Å². The van der Waals surface area contributed by atoms with Crippen molar-refractivity contribution >= 4 is 35.8 Å². The molecule has 0 unspecified atom stereocenters. The third-order valence-corrected chi connectivity index (χ3v) is 4.21. The van der Waals surface area contributed by atoms with Gasteiger partial charge in [0.1, 0.15) is 0 Å². The Morgan fingerprint density at radius 3 is 2.33 bits per heavy atom. The maximum atomic E-state index is 12.1. The van der Waals surface area contributed by atoms with Crippen molar-refractivity contribution in [1.29, 1.82) is 0 Å². The SMILES string of the molecule is CCNC(=NCc1ccc(OC)c(OC)c1)NCC(=O)NCCc1ccccc1.I. The molecule has 2 aromatic carbocycles. The monoisotopic (exact) mass is 526 g/mol. The molecule has 0 radical (unpaired) electrons. The van der Waals surface area contributed by atoms with Crippen molar-refractivity contribution in [1.82, 2.24) is 16.0 Å². The summed E-state index contributed by atoms with van der Waals surface area (Å²) < 4.78 is 10.6. The van der Waals surface area contributed by atoms with E-state index in [1.54, 1.807) is 14.2 Å². The minimum absolute atomic E-state index is 0. The van der Waals surface area contributed by atoms with Crippen LogP contribution in [0.3, 0.4) is 0 Å². The van der Waals surface area contributed by atoms with E-state index in [9.17, 15) is 4.79 Å². The number of hydrogen-bond donors (Lipinski definition) is 3. The summed E-state index contributed by atoms with van der Waals surface area (Å²) in [5, 5.41) is 9.12. The number of benzene rings is 2. The number of guanidine groups is 1. The standard InChI is InChI=1S/C22H30N4O3.HI/c1-4-23-22(25-15-18-10-11-19(28-2)20(14-18)29-3)26-16-21(27)24-13-12-17-8-6-5-7-9-17;/h5-11,14H,4,12-13,15-16H2,1-3H3,(H,24,27)(H2,23,25,26);1H. The average molecular weight is 526 g/mol. The minimum atomic E-state index is -0.0716. The summed E-state index contributed by atoms with van der Waals surface area (Å²) in [5.41, 5.74) is 2.18. The molecule has 7 nitrogen and oxygen atoms in total. The van der Waals surface area contributed by atoms with Crippen molar-refractivity contribution in [2.45, 2.75) is 19.9 Å². The summed E-state index contributed by atoms with van der Waals surface area (Å²) in [6.45, 7) is 3.89. The lowest BCUT2D eigenvalue weighted by atomic mass is 10.1. The van der Waals surface area contributed by atoms with E-state index >= 15 is 0 Å². The second-order valence-electron chi connectivity index (χ2n) is 6.32. The van der Waals surface area contributed by atoms with Crippen molar-refractivity contribution in [3.8, 4) is 11.5 Å². The molecule has 2 rings (SSSR count). The number of hydrogen-bond acceptors (Lipinski definition) is 4. The van der Waals surface area contributed by atoms with Gasteiger partial charge < -0.3 is 25.4 Å². The summed E-state index contributed by atoms with van der Waals surface area (Å²) in [7, 11) is 3.21. The third kappa shape index (κ3) is 8.89. The molecule has 0 heterocycles. The maximum Gasteiger partial charge on any atom is 0.239 e. The van der Waals surface area contributed by atoms with Crippen molar-refractivity contribution in [2.75, 3.05) is 33.9 Å². The average Bonchev–Trinajstić information content (AvgIpc) is 2.76. The van der Waals surface area contributed by atoms with Crippen LogP contribution in [0.25, 0.3) is 0 Å². The molecule has 0 spiro atoms. The van der Waals surface area contributed by atoms with E-state index in [4.69, 9.17) is 9.47 Å². The van der Waals surface area contributed by atoms with E-state index in [0.29, 0.717) is 37.1 Å². The van der Waals surface area contributed by atoms with Crippen LogP contribution in [0.2, 0.25) is 0 Å². The molecule has 0 aliphatic heterocycles. The molecule has 0 fully saturated rings. The Balaban J connectivity index is 0.00000450. The van der Waals surface area contributed by atoms with E-state index < -0.39 is 0 Å². The van der Waals surface area contributed by atoms with Crippen molar-refractivity contribution < 1.29 is 14.3 Å². The van der Waals surface area contributed by atoms with Gasteiger partial charge in [0.05, 0.1) is 27.3 Å². The highest BCUT2D eigenvalue weighted by Gasteiger charge is 2.06. The molecule has 3 N–H and O–H groups in total. The molecule has 2 aromatic rings. The number of nitrogens with one attached hydrogen (secondary N) is 3. The van der Waals surface area contributed by atoms with E-state index in [1.165, 1.54) is 5.56 Å². The zero-order chi connectivity index (χ0) is 20.9. The van der Waals surface area contributed by atoms with Crippen molar-refractivity contribution in [3.63, 3.8) is 0 Å². The van der Waals surface area contributed by atoms with Gasteiger partial charge in [-0.1, -0.05) is 36.4 Å². The molecule has 0 aliphatic rings. The molecule has 0 saturated heterocycles. The Morgan fingerprint density at radius 1 is 0.933 bits per heavy atom. The van der Waals surface area contributed by atoms with Gasteiger partial charge in [-0.15, -0.1) is 24.0 Å². The van der Waals surface area contributed by atoms with E-state index in [1.807, 2.05) is 43.3 Å². The molecule has 30 heavy (non-hydrogen) atoms. The maximum absolute atomic E-state index is 12.1. The molecule has 0 aliphatic carbocycles. The quantitative estimate of drug-likeness (QED) is 0.252. The first-order valence-corrected chi connectivity index (χ1v) is 9.70. The van der Waals surface area contributed by atoms with Gasteiger partial charge >= 0.3 is 0 Å². The second kappa shape index (κ2) is 14.5. The fraction of sp³-hybridized carbons (Fsp3) is 0.364. The Morgan fingerprint density at radius 2 is 1.67 bits per heavy atom. The summed E-state index contributed by atoms with van der Waals surface area (Å²) in [4.78, 5) is 16.6. The lowest BCUT2D eigenvalue weighted by Gasteiger charge is -2.12. The fourth-order valence-corrected chi connectivity index (χ4v) is 2.71. The van der Waals surface area contributed by atoms with Gasteiger partial charge in [0.2, 0.25) is 5.91 Å². The highest BCUT2D eigenvalue weighted by atomic mass is 127. The molecular weight excluding hydrogens is 495 g/mol. The van der Waals surface area contributed by atoms with E-state index in [-0.39, 0.29) is 36.4 Å². The number of nitrogens with zero attached hydrogens (tertiary/aromatic N) is 1. The summed E-state index contributed by atoms with van der Waals surface area (Å²) in [6.07, 6.45) is 0.806. The summed E-state index contributed by atoms with van der Waals surface area (Å²) in [6, 6.07) is 15.8. The Kier molecular flexibility index (Phi) is 12.3. The van der Waals surface area contributed by atoms with Gasteiger partial charge in [-0.3, -0.25) is 4.79 Å². The van der Waals surface area contributed by atoms with Crippen LogP contribution in [0.1, 0.15) is 18.1 Å². The van der Waals surface area contributed by atoms with Crippen molar-refractivity contribution in [2.24, 2.45) is 4.99 Å². The van der Waals surface area contributed by atoms with Gasteiger partial charge in [-0.2, -0.15) is 0 Å². The van der Waals surface area contributed by atoms with Gasteiger partial charge in [0.15, 0.2) is 17.5 Å². The lowest BCUT2D eigenvalue weighted by molar-refractivity contribution is -0.119. The van der Waals surface area contributed by atoms with Crippen LogP contribution in [-0.2, 0) is 17.8 Å². The first kappa shape index (κ1) is 25.5. The van der Waals surface area contributed by atoms with Crippen LogP contribution in [0.5, 0.6) is 11.5 Å². The van der Waals surface area contributed by atoms with Gasteiger partial charge in [-0.05, 0) is 36.6 Å². The molecular formula is C22H31IN4O3. The van der Waals surface area contributed by atoms with Crippen LogP contribution in [0.15, 0.2) is 53.5 Å². The fourth-order valence-electron chi connectivity index (χ4n) is 2.71. The number of carbonyl (C=O) groups is 1. The smallest absolute Gasteiger partial charge is 0.239 e. The molecule has 0 saturated carbocycles. The first-order valence-electron chi connectivity index (χ1n) is 9.70. The van der Waals surface area contributed by atoms with Gasteiger partial charge in [0, 0.05) is 13.1 Å². The topological polar surface area (TPSA) is 84.0 Å². The second-order valence-corrected chi connectivity index (χ2v) is 6.32. The molecule has 0 aromatic heterocycles. The van der Waals surface area contributed by atoms with Crippen LogP contribution >= 0.6 is 24.0 Å². The number of amides is 1. The number of halogens is 1. The summed E-state index contributed by atoms with van der Waals surface area (Å²) >= 11 is 0. The predicted molar refractivity (Wildman–Crippen MR) is 131 cm³/mol. The minimum Gasteiger partial charge on any atom is -0.493 e. The normalized spacial score (nSPS) is 10.6. The predicted octanol–water partition coefficient (Wildman–Crippen LogP) is 2.74. The number of aliphatic imine (C=N–C) groups is 1. The number of ether oxygens (including phenoxy) is 2. The van der Waals surface area contributed by atoms with Crippen LogP contribution < -0.4 is 25.4 Å². The van der Waals surface area contributed by atoms with Gasteiger partial charge in [0.25, 0.3) is 0 Å². The highest BCUT2D eigenvalue weighted by molar-refractivity contribution is 14.0. The van der Waals surface area contributed by atoms with E-state index in [0.717, 1.165) is 12.0 Å². The number of methoxy groups -OCH3 is 2.